The van der Waals surface area contributed by atoms with Gasteiger partial charge in [0.1, 0.15) is 12.0 Å². The molecular weight excluding hydrogens is 407 g/mol. The lowest BCUT2D eigenvalue weighted by Crippen LogP contribution is -2.48. The van der Waals surface area contributed by atoms with Crippen molar-refractivity contribution in [3.63, 3.8) is 0 Å². The van der Waals surface area contributed by atoms with Crippen molar-refractivity contribution < 1.29 is 18.7 Å². The monoisotopic (exact) mass is 427 g/mol. The van der Waals surface area contributed by atoms with Crippen LogP contribution >= 0.6 is 23.2 Å². The van der Waals surface area contributed by atoms with Gasteiger partial charge in [-0.25, -0.2) is 8.78 Å². The lowest BCUT2D eigenvalue weighted by Gasteiger charge is -2.41. The van der Waals surface area contributed by atoms with Crippen molar-refractivity contribution in [1.82, 2.24) is 5.32 Å². The van der Waals surface area contributed by atoms with Gasteiger partial charge in [0, 0.05) is 0 Å². The number of aryl methyl sites for hydroxylation is 1. The molecule has 0 radical (unpaired) electrons. The van der Waals surface area contributed by atoms with Crippen molar-refractivity contribution in [3.8, 4) is 0 Å². The molecule has 1 aliphatic rings. The summed E-state index contributed by atoms with van der Waals surface area (Å²) in [4.78, 5) is 13.0. The van der Waals surface area contributed by atoms with E-state index in [9.17, 15) is 18.7 Å². The van der Waals surface area contributed by atoms with Crippen LogP contribution in [0.4, 0.5) is 8.78 Å². The standard InChI is InChI=1S/C21H21Cl2F2NO2/c1-12-4-2-6-15(22)17(12)20(27)26-19(14-5-3-7-16(25)18(14)23)21(28)10-8-13(24)9-11-21/h2-7,13,19,28H,8-11H2,1H3,(H,26,27). The fourth-order valence-electron chi connectivity index (χ4n) is 3.74. The minimum atomic E-state index is -1.45. The normalized spacial score (nSPS) is 23.3. The summed E-state index contributed by atoms with van der Waals surface area (Å²) >= 11 is 12.3. The van der Waals surface area contributed by atoms with E-state index in [-0.39, 0.29) is 46.9 Å². The van der Waals surface area contributed by atoms with Crippen molar-refractivity contribution in [2.45, 2.75) is 50.4 Å². The van der Waals surface area contributed by atoms with Crippen LogP contribution in [0, 0.1) is 12.7 Å². The zero-order valence-corrected chi connectivity index (χ0v) is 16.8. The molecule has 1 fully saturated rings. The molecule has 0 heterocycles. The summed E-state index contributed by atoms with van der Waals surface area (Å²) in [5, 5.41) is 14.1. The third-order valence-electron chi connectivity index (χ3n) is 5.34. The van der Waals surface area contributed by atoms with Crippen LogP contribution < -0.4 is 5.32 Å². The van der Waals surface area contributed by atoms with Gasteiger partial charge >= 0.3 is 0 Å². The van der Waals surface area contributed by atoms with E-state index in [4.69, 9.17) is 23.2 Å². The highest BCUT2D eigenvalue weighted by atomic mass is 35.5. The summed E-state index contributed by atoms with van der Waals surface area (Å²) < 4.78 is 27.7. The van der Waals surface area contributed by atoms with Gasteiger partial charge in [0.25, 0.3) is 5.91 Å². The van der Waals surface area contributed by atoms with Crippen molar-refractivity contribution in [1.29, 1.82) is 0 Å². The first-order chi connectivity index (χ1) is 13.2. The van der Waals surface area contributed by atoms with Crippen LogP contribution in [0.3, 0.4) is 0 Å². The van der Waals surface area contributed by atoms with Crippen LogP contribution in [0.2, 0.25) is 10.0 Å². The Morgan fingerprint density at radius 1 is 1.21 bits per heavy atom. The molecule has 1 aliphatic carbocycles. The number of rotatable bonds is 4. The molecule has 0 spiro atoms. The second-order valence-corrected chi connectivity index (χ2v) is 8.04. The van der Waals surface area contributed by atoms with Gasteiger partial charge in [0.15, 0.2) is 0 Å². The fourth-order valence-corrected chi connectivity index (χ4v) is 4.28. The van der Waals surface area contributed by atoms with Gasteiger partial charge in [-0.05, 0) is 55.9 Å². The largest absolute Gasteiger partial charge is 0.387 e. The van der Waals surface area contributed by atoms with Crippen LogP contribution in [0.25, 0.3) is 0 Å². The van der Waals surface area contributed by atoms with Crippen molar-refractivity contribution >= 4 is 29.1 Å². The number of hydrogen-bond acceptors (Lipinski definition) is 2. The number of aliphatic hydroxyl groups is 1. The molecule has 1 atom stereocenters. The molecule has 0 bridgehead atoms. The number of carbonyl (C=O) groups is 1. The van der Waals surface area contributed by atoms with Crippen LogP contribution in [0.1, 0.15) is 53.2 Å². The maximum absolute atomic E-state index is 14.1. The zero-order chi connectivity index (χ0) is 20.5. The molecule has 1 saturated carbocycles. The SMILES string of the molecule is Cc1cccc(Cl)c1C(=O)NC(c1cccc(F)c1Cl)C1(O)CCC(F)CC1. The maximum Gasteiger partial charge on any atom is 0.253 e. The number of amides is 1. The van der Waals surface area contributed by atoms with Crippen LogP contribution in [0.5, 0.6) is 0 Å². The Morgan fingerprint density at radius 2 is 1.86 bits per heavy atom. The molecule has 0 aliphatic heterocycles. The first-order valence-electron chi connectivity index (χ1n) is 9.09. The average molecular weight is 428 g/mol. The molecule has 3 rings (SSSR count). The Bertz CT molecular complexity index is 862. The molecule has 1 amide bonds. The van der Waals surface area contributed by atoms with Gasteiger partial charge in [0.05, 0.1) is 27.3 Å². The zero-order valence-electron chi connectivity index (χ0n) is 15.3. The molecule has 150 valence electrons. The molecule has 7 heteroatoms. The van der Waals surface area contributed by atoms with E-state index in [2.05, 4.69) is 5.32 Å². The molecule has 3 nitrogen and oxygen atoms in total. The van der Waals surface area contributed by atoms with Crippen molar-refractivity contribution in [2.75, 3.05) is 0 Å². The van der Waals surface area contributed by atoms with Gasteiger partial charge in [0.2, 0.25) is 0 Å². The van der Waals surface area contributed by atoms with Crippen molar-refractivity contribution in [3.05, 3.63) is 69.0 Å². The van der Waals surface area contributed by atoms with Gasteiger partial charge < -0.3 is 10.4 Å². The highest BCUT2D eigenvalue weighted by Crippen LogP contribution is 2.42. The summed E-state index contributed by atoms with van der Waals surface area (Å²) in [5.41, 5.74) is -0.275. The molecule has 2 aromatic carbocycles. The molecule has 1 unspecified atom stereocenters. The number of alkyl halides is 1. The van der Waals surface area contributed by atoms with Gasteiger partial charge in [-0.3, -0.25) is 4.79 Å². The number of carbonyl (C=O) groups excluding carboxylic acids is 1. The highest BCUT2D eigenvalue weighted by Gasteiger charge is 2.43. The number of hydrogen-bond donors (Lipinski definition) is 2. The molecule has 2 aromatic rings. The van der Waals surface area contributed by atoms with E-state index in [1.54, 1.807) is 31.2 Å². The van der Waals surface area contributed by atoms with E-state index in [0.717, 1.165) is 0 Å². The average Bonchev–Trinajstić information content (AvgIpc) is 2.65. The van der Waals surface area contributed by atoms with Crippen LogP contribution in [-0.4, -0.2) is 22.8 Å². The lowest BCUT2D eigenvalue weighted by molar-refractivity contribution is -0.0445. The van der Waals surface area contributed by atoms with E-state index >= 15 is 0 Å². The van der Waals surface area contributed by atoms with E-state index in [1.807, 2.05) is 0 Å². The Labute approximate surface area is 172 Å². The third-order valence-corrected chi connectivity index (χ3v) is 6.05. The van der Waals surface area contributed by atoms with Gasteiger partial charge in [-0.1, -0.05) is 47.5 Å². The summed E-state index contributed by atoms with van der Waals surface area (Å²) in [6.45, 7) is 1.74. The summed E-state index contributed by atoms with van der Waals surface area (Å²) in [6, 6.07) is 8.27. The van der Waals surface area contributed by atoms with E-state index in [0.29, 0.717) is 5.56 Å². The summed E-state index contributed by atoms with van der Waals surface area (Å²) in [6.07, 6.45) is -0.464. The Balaban J connectivity index is 2.02. The molecule has 2 N–H and O–H groups in total. The summed E-state index contributed by atoms with van der Waals surface area (Å²) in [7, 11) is 0. The predicted octanol–water partition coefficient (Wildman–Crippen LogP) is 5.56. The van der Waals surface area contributed by atoms with E-state index in [1.165, 1.54) is 12.1 Å². The molecule has 0 aromatic heterocycles. The second-order valence-electron chi connectivity index (χ2n) is 7.26. The fraction of sp³-hybridized carbons (Fsp3) is 0.381. The van der Waals surface area contributed by atoms with Crippen LogP contribution in [0.15, 0.2) is 36.4 Å². The minimum absolute atomic E-state index is 0.119. The number of nitrogens with one attached hydrogen (secondary N) is 1. The first kappa shape index (κ1) is 21.0. The first-order valence-corrected chi connectivity index (χ1v) is 9.85. The molecule has 0 saturated heterocycles. The minimum Gasteiger partial charge on any atom is -0.387 e. The Kier molecular flexibility index (Phi) is 6.28. The third kappa shape index (κ3) is 4.17. The molecular formula is C21H21Cl2F2NO2. The highest BCUT2D eigenvalue weighted by molar-refractivity contribution is 6.34. The summed E-state index contributed by atoms with van der Waals surface area (Å²) in [5.74, 6) is -1.17. The topological polar surface area (TPSA) is 49.3 Å². The predicted molar refractivity (Wildman–Crippen MR) is 106 cm³/mol. The quantitative estimate of drug-likeness (QED) is 0.671. The van der Waals surface area contributed by atoms with Crippen LogP contribution in [-0.2, 0) is 0 Å². The van der Waals surface area contributed by atoms with Crippen molar-refractivity contribution in [2.24, 2.45) is 0 Å². The number of benzene rings is 2. The Morgan fingerprint density at radius 3 is 2.50 bits per heavy atom. The maximum atomic E-state index is 14.1. The van der Waals surface area contributed by atoms with Gasteiger partial charge in [-0.15, -0.1) is 0 Å². The van der Waals surface area contributed by atoms with E-state index < -0.39 is 29.5 Å². The Hall–Kier alpha value is -1.69. The van der Waals surface area contributed by atoms with Gasteiger partial charge in [-0.2, -0.15) is 0 Å². The lowest BCUT2D eigenvalue weighted by atomic mass is 9.76. The number of halogens is 4. The second kappa shape index (κ2) is 8.36. The molecule has 28 heavy (non-hydrogen) atoms. The smallest absolute Gasteiger partial charge is 0.253 e.